The van der Waals surface area contributed by atoms with E-state index in [-0.39, 0.29) is 0 Å². The van der Waals surface area contributed by atoms with Gasteiger partial charge in [-0.2, -0.15) is 8.42 Å². The standard InChI is InChI=1S/C14H31P.H2O4S/c1-2-3-4-5-6-7-8-9-10-11-12-13-14-15;1-5(2,3)4/h2-15H2,1H3;(H2,1,2,3,4). The summed E-state index contributed by atoms with van der Waals surface area (Å²) >= 11 is 0. The van der Waals surface area contributed by atoms with Crippen LogP contribution in [0.15, 0.2) is 0 Å². The lowest BCUT2D eigenvalue weighted by molar-refractivity contribution is 0.381. The van der Waals surface area contributed by atoms with Crippen LogP contribution in [0.2, 0.25) is 0 Å². The van der Waals surface area contributed by atoms with Gasteiger partial charge in [-0.25, -0.2) is 0 Å². The molecule has 0 amide bonds. The molecule has 0 rings (SSSR count). The van der Waals surface area contributed by atoms with Crippen molar-refractivity contribution < 1.29 is 17.5 Å². The van der Waals surface area contributed by atoms with Crippen LogP contribution in [-0.2, 0) is 10.4 Å². The predicted molar refractivity (Wildman–Crippen MR) is 89.8 cm³/mol. The highest BCUT2D eigenvalue weighted by Crippen LogP contribution is 2.11. The summed E-state index contributed by atoms with van der Waals surface area (Å²) in [6, 6.07) is 0. The SMILES string of the molecule is CCCCCCCCCCCCCCP.O=S(=O)(O)O. The first kappa shape index (κ1) is 22.6. The molecule has 0 fully saturated rings. The average molecular weight is 328 g/mol. The summed E-state index contributed by atoms with van der Waals surface area (Å²) in [7, 11) is -1.85. The Balaban J connectivity index is 0. The van der Waals surface area contributed by atoms with E-state index < -0.39 is 10.4 Å². The fourth-order valence-electron chi connectivity index (χ4n) is 1.99. The molecule has 0 heterocycles. The quantitative estimate of drug-likeness (QED) is 0.303. The lowest BCUT2D eigenvalue weighted by atomic mass is 10.1. The molecule has 2 N–H and O–H groups in total. The minimum atomic E-state index is -4.67. The van der Waals surface area contributed by atoms with E-state index in [4.69, 9.17) is 17.5 Å². The summed E-state index contributed by atoms with van der Waals surface area (Å²) < 4.78 is 31.6. The van der Waals surface area contributed by atoms with Gasteiger partial charge in [0.05, 0.1) is 0 Å². The summed E-state index contributed by atoms with van der Waals surface area (Å²) in [5, 5.41) is 0. The maximum Gasteiger partial charge on any atom is 0.394 e. The Morgan fingerprint density at radius 3 is 1.20 bits per heavy atom. The van der Waals surface area contributed by atoms with E-state index in [0.717, 1.165) is 0 Å². The first-order valence-electron chi connectivity index (χ1n) is 7.81. The third kappa shape index (κ3) is 36.2. The Kier molecular flexibility index (Phi) is 19.6. The Morgan fingerprint density at radius 1 is 0.700 bits per heavy atom. The summed E-state index contributed by atoms with van der Waals surface area (Å²) in [6.07, 6.45) is 18.7. The molecule has 0 spiro atoms. The average Bonchev–Trinajstić information content (AvgIpc) is 2.34. The normalized spacial score (nSPS) is 11.0. The van der Waals surface area contributed by atoms with Gasteiger partial charge in [0, 0.05) is 0 Å². The second kappa shape index (κ2) is 17.4. The number of hydrogen-bond acceptors (Lipinski definition) is 2. The van der Waals surface area contributed by atoms with Crippen molar-refractivity contribution >= 4 is 19.6 Å². The van der Waals surface area contributed by atoms with Crippen molar-refractivity contribution in [1.29, 1.82) is 0 Å². The minimum Gasteiger partial charge on any atom is -0.264 e. The van der Waals surface area contributed by atoms with Gasteiger partial charge in [-0.1, -0.05) is 77.6 Å². The van der Waals surface area contributed by atoms with Crippen LogP contribution in [-0.4, -0.2) is 23.7 Å². The summed E-state index contributed by atoms with van der Waals surface area (Å²) in [6.45, 7) is 2.29. The molecule has 0 aromatic rings. The molecular weight excluding hydrogens is 295 g/mol. The zero-order chi connectivity index (χ0) is 15.7. The van der Waals surface area contributed by atoms with Gasteiger partial charge in [0.15, 0.2) is 0 Å². The molecule has 20 heavy (non-hydrogen) atoms. The fourth-order valence-corrected chi connectivity index (χ4v) is 2.27. The topological polar surface area (TPSA) is 74.6 Å². The molecule has 0 bridgehead atoms. The highest BCUT2D eigenvalue weighted by Gasteiger charge is 1.92. The summed E-state index contributed by atoms with van der Waals surface area (Å²) in [4.78, 5) is 0. The lowest BCUT2D eigenvalue weighted by Crippen LogP contribution is -1.89. The molecule has 0 aromatic heterocycles. The van der Waals surface area contributed by atoms with Gasteiger partial charge in [0.1, 0.15) is 0 Å². The maximum absolute atomic E-state index is 8.74. The van der Waals surface area contributed by atoms with Gasteiger partial charge >= 0.3 is 10.4 Å². The monoisotopic (exact) mass is 328 g/mol. The third-order valence-electron chi connectivity index (χ3n) is 3.06. The van der Waals surface area contributed by atoms with E-state index in [1.807, 2.05) is 0 Å². The van der Waals surface area contributed by atoms with E-state index in [2.05, 4.69) is 16.2 Å². The van der Waals surface area contributed by atoms with Crippen LogP contribution >= 0.6 is 9.24 Å². The molecule has 6 heteroatoms. The van der Waals surface area contributed by atoms with Crippen LogP contribution in [0.5, 0.6) is 0 Å². The molecule has 0 saturated heterocycles. The van der Waals surface area contributed by atoms with Crippen LogP contribution in [0.1, 0.15) is 84.0 Å². The molecule has 1 atom stereocenters. The molecule has 0 aromatic carbocycles. The minimum absolute atomic E-state index is 1.29. The van der Waals surface area contributed by atoms with E-state index >= 15 is 0 Å². The molecule has 1 unspecified atom stereocenters. The van der Waals surface area contributed by atoms with Gasteiger partial charge < -0.3 is 0 Å². The van der Waals surface area contributed by atoms with Crippen LogP contribution in [0.3, 0.4) is 0 Å². The van der Waals surface area contributed by atoms with Crippen molar-refractivity contribution in [2.75, 3.05) is 6.16 Å². The Hall–Kier alpha value is 0.300. The van der Waals surface area contributed by atoms with Crippen molar-refractivity contribution in [3.05, 3.63) is 0 Å². The fraction of sp³-hybridized carbons (Fsp3) is 1.00. The lowest BCUT2D eigenvalue weighted by Gasteiger charge is -2.01. The zero-order valence-electron chi connectivity index (χ0n) is 12.9. The molecule has 124 valence electrons. The van der Waals surface area contributed by atoms with Gasteiger partial charge in [-0.05, 0) is 12.6 Å². The second-order valence-electron chi connectivity index (χ2n) is 5.13. The van der Waals surface area contributed by atoms with E-state index in [1.165, 1.54) is 83.2 Å². The number of unbranched alkanes of at least 4 members (excludes halogenated alkanes) is 11. The summed E-state index contributed by atoms with van der Waals surface area (Å²) in [5.74, 6) is 0. The first-order chi connectivity index (χ1) is 9.41. The van der Waals surface area contributed by atoms with Gasteiger partial charge in [0.2, 0.25) is 0 Å². The summed E-state index contributed by atoms with van der Waals surface area (Å²) in [5.41, 5.74) is 0. The number of rotatable bonds is 12. The van der Waals surface area contributed by atoms with Crippen molar-refractivity contribution in [3.8, 4) is 0 Å². The predicted octanol–water partition coefficient (Wildman–Crippen LogP) is 4.91. The van der Waals surface area contributed by atoms with Crippen LogP contribution in [0, 0.1) is 0 Å². The molecule has 0 aliphatic carbocycles. The van der Waals surface area contributed by atoms with E-state index in [0.29, 0.717) is 0 Å². The largest absolute Gasteiger partial charge is 0.394 e. The molecular formula is C14H33O4PS. The second-order valence-corrected chi connectivity index (χ2v) is 6.60. The first-order valence-corrected chi connectivity index (χ1v) is 10.0. The van der Waals surface area contributed by atoms with Crippen molar-refractivity contribution in [1.82, 2.24) is 0 Å². The molecule has 0 radical (unpaired) electrons. The molecule has 4 nitrogen and oxygen atoms in total. The van der Waals surface area contributed by atoms with Crippen LogP contribution in [0.25, 0.3) is 0 Å². The number of hydrogen-bond donors (Lipinski definition) is 2. The Labute approximate surface area is 127 Å². The van der Waals surface area contributed by atoms with Gasteiger partial charge in [-0.3, -0.25) is 9.11 Å². The van der Waals surface area contributed by atoms with E-state index in [9.17, 15) is 0 Å². The Bertz CT molecular complexity index is 248. The maximum atomic E-state index is 8.74. The van der Waals surface area contributed by atoms with Gasteiger partial charge in [-0.15, -0.1) is 9.24 Å². The third-order valence-corrected chi connectivity index (χ3v) is 3.47. The molecule has 0 saturated carbocycles. The van der Waals surface area contributed by atoms with Crippen LogP contribution in [0.4, 0.5) is 0 Å². The molecule has 0 aliphatic heterocycles. The Morgan fingerprint density at radius 2 is 0.950 bits per heavy atom. The molecule has 0 aliphatic rings. The van der Waals surface area contributed by atoms with Crippen molar-refractivity contribution in [3.63, 3.8) is 0 Å². The van der Waals surface area contributed by atoms with Crippen molar-refractivity contribution in [2.45, 2.75) is 84.0 Å². The van der Waals surface area contributed by atoms with Crippen LogP contribution < -0.4 is 0 Å². The zero-order valence-corrected chi connectivity index (χ0v) is 14.9. The van der Waals surface area contributed by atoms with Gasteiger partial charge in [0.25, 0.3) is 0 Å². The highest BCUT2D eigenvalue weighted by atomic mass is 32.3. The van der Waals surface area contributed by atoms with Crippen molar-refractivity contribution in [2.24, 2.45) is 0 Å². The smallest absolute Gasteiger partial charge is 0.264 e. The highest BCUT2D eigenvalue weighted by molar-refractivity contribution is 7.79. The van der Waals surface area contributed by atoms with E-state index in [1.54, 1.807) is 0 Å².